The van der Waals surface area contributed by atoms with Gasteiger partial charge in [-0.3, -0.25) is 9.69 Å². The first-order valence-electron chi connectivity index (χ1n) is 8.71. The molecule has 1 heterocycles. The molecule has 2 aromatic rings. The topological polar surface area (TPSA) is 44.8 Å². The van der Waals surface area contributed by atoms with E-state index in [9.17, 15) is 4.79 Å². The molecule has 0 aliphatic carbocycles. The Labute approximate surface area is 149 Å². The number of ether oxygens (including phenoxy) is 1. The molecule has 1 aliphatic rings. The molecule has 0 unspecified atom stereocenters. The average molecular weight is 339 g/mol. The largest absolute Gasteiger partial charge is 0.497 e. The molecule has 3 rings (SSSR count). The van der Waals surface area contributed by atoms with E-state index in [2.05, 4.69) is 27.2 Å². The van der Waals surface area contributed by atoms with Crippen LogP contribution in [0.25, 0.3) is 0 Å². The molecular weight excluding hydrogens is 314 g/mol. The number of anilines is 1. The van der Waals surface area contributed by atoms with E-state index in [4.69, 9.17) is 4.74 Å². The molecule has 1 fully saturated rings. The van der Waals surface area contributed by atoms with Crippen molar-refractivity contribution >= 4 is 11.6 Å². The molecule has 0 atom stereocenters. The standard InChI is InChI=1S/C20H25N3O2/c1-25-19-9-7-18(8-10-19)23-15-13-22(14-16-23)12-11-21-20(24)17-5-3-2-4-6-17/h2-10H,11-16H2,1H3,(H,21,24). The second-order valence-electron chi connectivity index (χ2n) is 6.15. The minimum absolute atomic E-state index is 0.00234. The van der Waals surface area contributed by atoms with Crippen LogP contribution in [0.15, 0.2) is 54.6 Å². The number of amides is 1. The molecule has 0 radical (unpaired) electrons. The van der Waals surface area contributed by atoms with E-state index in [0.29, 0.717) is 12.1 Å². The van der Waals surface area contributed by atoms with E-state index in [1.54, 1.807) is 7.11 Å². The Kier molecular flexibility index (Phi) is 5.90. The molecule has 1 amide bonds. The monoisotopic (exact) mass is 339 g/mol. The van der Waals surface area contributed by atoms with E-state index >= 15 is 0 Å². The lowest BCUT2D eigenvalue weighted by molar-refractivity contribution is 0.0948. The third kappa shape index (κ3) is 4.73. The van der Waals surface area contributed by atoms with Gasteiger partial charge in [0.25, 0.3) is 5.91 Å². The molecule has 5 nitrogen and oxygen atoms in total. The molecule has 2 aromatic carbocycles. The van der Waals surface area contributed by atoms with Gasteiger partial charge >= 0.3 is 0 Å². The molecule has 132 valence electrons. The van der Waals surface area contributed by atoms with Crippen LogP contribution in [0, 0.1) is 0 Å². The molecule has 25 heavy (non-hydrogen) atoms. The van der Waals surface area contributed by atoms with Gasteiger partial charge in [0.05, 0.1) is 7.11 Å². The molecule has 0 aromatic heterocycles. The fourth-order valence-electron chi connectivity index (χ4n) is 3.04. The van der Waals surface area contributed by atoms with Gasteiger partial charge < -0.3 is 15.0 Å². The molecule has 1 aliphatic heterocycles. The van der Waals surface area contributed by atoms with Gasteiger partial charge in [-0.05, 0) is 36.4 Å². The number of nitrogens with zero attached hydrogens (tertiary/aromatic N) is 2. The Morgan fingerprint density at radius 1 is 1.00 bits per heavy atom. The van der Waals surface area contributed by atoms with E-state index in [-0.39, 0.29) is 5.91 Å². The summed E-state index contributed by atoms with van der Waals surface area (Å²) in [7, 11) is 1.68. The Morgan fingerprint density at radius 3 is 2.32 bits per heavy atom. The van der Waals surface area contributed by atoms with Crippen molar-refractivity contribution in [3.63, 3.8) is 0 Å². The van der Waals surface area contributed by atoms with Gasteiger partial charge in [-0.1, -0.05) is 18.2 Å². The van der Waals surface area contributed by atoms with Gasteiger partial charge in [0.1, 0.15) is 5.75 Å². The zero-order chi connectivity index (χ0) is 17.5. The van der Waals surface area contributed by atoms with Crippen LogP contribution in [0.4, 0.5) is 5.69 Å². The maximum Gasteiger partial charge on any atom is 0.251 e. The molecule has 0 bridgehead atoms. The zero-order valence-electron chi connectivity index (χ0n) is 14.6. The first-order chi connectivity index (χ1) is 12.3. The highest BCUT2D eigenvalue weighted by Crippen LogP contribution is 2.20. The third-order valence-corrected chi connectivity index (χ3v) is 4.56. The third-order valence-electron chi connectivity index (χ3n) is 4.56. The first-order valence-corrected chi connectivity index (χ1v) is 8.71. The van der Waals surface area contributed by atoms with Crippen molar-refractivity contribution in [3.05, 3.63) is 60.2 Å². The Balaban J connectivity index is 1.39. The predicted octanol–water partition coefficient (Wildman–Crippen LogP) is 2.25. The normalized spacial score (nSPS) is 15.0. The van der Waals surface area contributed by atoms with Crippen LogP contribution < -0.4 is 15.0 Å². The minimum Gasteiger partial charge on any atom is -0.497 e. The Hall–Kier alpha value is -2.53. The van der Waals surface area contributed by atoms with E-state index < -0.39 is 0 Å². The summed E-state index contributed by atoms with van der Waals surface area (Å²) in [6.45, 7) is 5.57. The average Bonchev–Trinajstić information content (AvgIpc) is 2.69. The molecule has 0 saturated carbocycles. The highest BCUT2D eigenvalue weighted by molar-refractivity contribution is 5.94. The van der Waals surface area contributed by atoms with Gasteiger partial charge in [-0.2, -0.15) is 0 Å². The van der Waals surface area contributed by atoms with Gasteiger partial charge in [0, 0.05) is 50.5 Å². The number of hydrogen-bond acceptors (Lipinski definition) is 4. The molecule has 0 spiro atoms. The second kappa shape index (κ2) is 8.53. The summed E-state index contributed by atoms with van der Waals surface area (Å²) in [6, 6.07) is 17.6. The number of piperazine rings is 1. The lowest BCUT2D eigenvalue weighted by atomic mass is 10.2. The van der Waals surface area contributed by atoms with Crippen LogP contribution >= 0.6 is 0 Å². The minimum atomic E-state index is -0.00234. The van der Waals surface area contributed by atoms with Gasteiger partial charge in [-0.15, -0.1) is 0 Å². The molecule has 1 N–H and O–H groups in total. The highest BCUT2D eigenvalue weighted by Gasteiger charge is 2.17. The van der Waals surface area contributed by atoms with Crippen molar-refractivity contribution in [2.75, 3.05) is 51.3 Å². The van der Waals surface area contributed by atoms with Gasteiger partial charge in [-0.25, -0.2) is 0 Å². The summed E-state index contributed by atoms with van der Waals surface area (Å²) in [5, 5.41) is 2.99. The smallest absolute Gasteiger partial charge is 0.251 e. The summed E-state index contributed by atoms with van der Waals surface area (Å²) < 4.78 is 5.21. The van der Waals surface area contributed by atoms with Crippen molar-refractivity contribution in [1.82, 2.24) is 10.2 Å². The van der Waals surface area contributed by atoms with Crippen molar-refractivity contribution in [3.8, 4) is 5.75 Å². The van der Waals surface area contributed by atoms with Crippen LogP contribution in [0.3, 0.4) is 0 Å². The highest BCUT2D eigenvalue weighted by atomic mass is 16.5. The fraction of sp³-hybridized carbons (Fsp3) is 0.350. The number of nitrogens with one attached hydrogen (secondary N) is 1. The van der Waals surface area contributed by atoms with Crippen molar-refractivity contribution in [1.29, 1.82) is 0 Å². The number of carbonyl (C=O) groups excluding carboxylic acids is 1. The fourth-order valence-corrected chi connectivity index (χ4v) is 3.04. The first kappa shape index (κ1) is 17.3. The van der Waals surface area contributed by atoms with Crippen LogP contribution in [-0.2, 0) is 0 Å². The summed E-state index contributed by atoms with van der Waals surface area (Å²) in [6.07, 6.45) is 0. The number of rotatable bonds is 6. The lowest BCUT2D eigenvalue weighted by Gasteiger charge is -2.36. The van der Waals surface area contributed by atoms with E-state index in [1.807, 2.05) is 42.5 Å². The SMILES string of the molecule is COc1ccc(N2CCN(CCNC(=O)c3ccccc3)CC2)cc1. The van der Waals surface area contributed by atoms with Crippen molar-refractivity contribution < 1.29 is 9.53 Å². The predicted molar refractivity (Wildman–Crippen MR) is 100 cm³/mol. The van der Waals surface area contributed by atoms with E-state index in [0.717, 1.165) is 38.5 Å². The number of benzene rings is 2. The quantitative estimate of drug-likeness (QED) is 0.877. The summed E-state index contributed by atoms with van der Waals surface area (Å²) >= 11 is 0. The molecule has 1 saturated heterocycles. The van der Waals surface area contributed by atoms with Crippen LogP contribution in [0.2, 0.25) is 0 Å². The molecular formula is C20H25N3O2. The maximum atomic E-state index is 12.0. The zero-order valence-corrected chi connectivity index (χ0v) is 14.6. The van der Waals surface area contributed by atoms with E-state index in [1.165, 1.54) is 5.69 Å². The van der Waals surface area contributed by atoms with Crippen molar-refractivity contribution in [2.45, 2.75) is 0 Å². The van der Waals surface area contributed by atoms with Crippen molar-refractivity contribution in [2.24, 2.45) is 0 Å². The number of carbonyl (C=O) groups is 1. The summed E-state index contributed by atoms with van der Waals surface area (Å²) in [4.78, 5) is 16.8. The van der Waals surface area contributed by atoms with Crippen LogP contribution in [0.1, 0.15) is 10.4 Å². The lowest BCUT2D eigenvalue weighted by Crippen LogP contribution is -2.48. The summed E-state index contributed by atoms with van der Waals surface area (Å²) in [5.41, 5.74) is 1.95. The summed E-state index contributed by atoms with van der Waals surface area (Å²) in [5.74, 6) is 0.883. The van der Waals surface area contributed by atoms with Gasteiger partial charge in [0.2, 0.25) is 0 Å². The Bertz CT molecular complexity index is 665. The maximum absolute atomic E-state index is 12.0. The van der Waals surface area contributed by atoms with Gasteiger partial charge in [0.15, 0.2) is 0 Å². The number of hydrogen-bond donors (Lipinski definition) is 1. The second-order valence-corrected chi connectivity index (χ2v) is 6.15. The number of methoxy groups -OCH3 is 1. The Morgan fingerprint density at radius 2 is 1.68 bits per heavy atom. The van der Waals surface area contributed by atoms with Crippen LogP contribution in [0.5, 0.6) is 5.75 Å². The van der Waals surface area contributed by atoms with Crippen LogP contribution in [-0.4, -0.2) is 57.2 Å². The molecule has 5 heteroatoms.